The molecule has 3 nitrogen and oxygen atoms in total. The second-order valence-corrected chi connectivity index (χ2v) is 7.66. The fourth-order valence-electron chi connectivity index (χ4n) is 3.84. The zero-order valence-corrected chi connectivity index (χ0v) is 13.6. The molecule has 4 heteroatoms. The molecule has 1 saturated carbocycles. The molecule has 1 aliphatic heterocycles. The van der Waals surface area contributed by atoms with Crippen LogP contribution < -0.4 is 0 Å². The van der Waals surface area contributed by atoms with E-state index >= 15 is 0 Å². The average molecular weight is 314 g/mol. The minimum Gasteiger partial charge on any atom is -0.342 e. The Morgan fingerprint density at radius 2 is 1.82 bits per heavy atom. The smallest absolute Gasteiger partial charge is 0.225 e. The highest BCUT2D eigenvalue weighted by atomic mass is 32.1. The van der Waals surface area contributed by atoms with Gasteiger partial charge in [-0.1, -0.05) is 25.0 Å². The van der Waals surface area contributed by atoms with Crippen molar-refractivity contribution in [3.8, 4) is 0 Å². The fraction of sp³-hybridized carbons (Fsp3) is 0.556. The Hall–Kier alpha value is -1.42. The second kappa shape index (κ2) is 5.99. The van der Waals surface area contributed by atoms with Gasteiger partial charge in [0.05, 0.1) is 15.2 Å². The minimum absolute atomic E-state index is 0.319. The van der Waals surface area contributed by atoms with Crippen LogP contribution in [0.15, 0.2) is 24.3 Å². The molecule has 1 aromatic carbocycles. The third-order valence-corrected chi connectivity index (χ3v) is 6.37. The summed E-state index contributed by atoms with van der Waals surface area (Å²) in [6, 6.07) is 8.37. The van der Waals surface area contributed by atoms with Gasteiger partial charge in [-0.15, -0.1) is 11.3 Å². The molecule has 1 saturated heterocycles. The molecule has 1 aliphatic carbocycles. The Labute approximate surface area is 135 Å². The largest absolute Gasteiger partial charge is 0.342 e. The summed E-state index contributed by atoms with van der Waals surface area (Å²) in [5.41, 5.74) is 1.12. The van der Waals surface area contributed by atoms with Crippen LogP contribution in [-0.2, 0) is 4.79 Å². The standard InChI is InChI=1S/C18H22N2OS/c21-18(14-5-1-2-6-14)20-11-9-13(10-12-20)17-19-15-7-3-4-8-16(15)22-17/h3-4,7-8,13-14H,1-2,5-6,9-12H2. The van der Waals surface area contributed by atoms with E-state index in [2.05, 4.69) is 29.2 Å². The molecule has 2 fully saturated rings. The maximum Gasteiger partial charge on any atom is 0.225 e. The molecule has 4 rings (SSSR count). The molecule has 2 heterocycles. The van der Waals surface area contributed by atoms with Gasteiger partial charge in [-0.2, -0.15) is 0 Å². The molecular weight excluding hydrogens is 292 g/mol. The number of benzene rings is 1. The molecule has 0 unspecified atom stereocenters. The number of rotatable bonds is 2. The minimum atomic E-state index is 0.319. The van der Waals surface area contributed by atoms with Gasteiger partial charge < -0.3 is 4.90 Å². The maximum atomic E-state index is 12.5. The number of para-hydroxylation sites is 1. The molecule has 22 heavy (non-hydrogen) atoms. The van der Waals surface area contributed by atoms with Crippen molar-refractivity contribution in [2.45, 2.75) is 44.4 Å². The quantitative estimate of drug-likeness (QED) is 0.832. The number of likely N-dealkylation sites (tertiary alicyclic amines) is 1. The van der Waals surface area contributed by atoms with E-state index in [0.29, 0.717) is 17.7 Å². The Morgan fingerprint density at radius 3 is 2.55 bits per heavy atom. The van der Waals surface area contributed by atoms with Crippen molar-refractivity contribution >= 4 is 27.5 Å². The van der Waals surface area contributed by atoms with E-state index in [9.17, 15) is 4.79 Å². The number of hydrogen-bond donors (Lipinski definition) is 0. The molecule has 0 radical (unpaired) electrons. The number of thiazole rings is 1. The predicted molar refractivity (Wildman–Crippen MR) is 90.1 cm³/mol. The van der Waals surface area contributed by atoms with Gasteiger partial charge in [-0.25, -0.2) is 4.98 Å². The highest BCUT2D eigenvalue weighted by molar-refractivity contribution is 7.18. The van der Waals surface area contributed by atoms with Crippen molar-refractivity contribution in [1.82, 2.24) is 9.88 Å². The van der Waals surface area contributed by atoms with Crippen LogP contribution >= 0.6 is 11.3 Å². The molecule has 2 aliphatic rings. The van der Waals surface area contributed by atoms with Gasteiger partial charge in [0, 0.05) is 24.9 Å². The summed E-state index contributed by atoms with van der Waals surface area (Å²) in [5.74, 6) is 1.27. The van der Waals surface area contributed by atoms with Gasteiger partial charge in [-0.05, 0) is 37.8 Å². The number of carbonyl (C=O) groups excluding carboxylic acids is 1. The molecule has 0 spiro atoms. The van der Waals surface area contributed by atoms with Crippen LogP contribution in [0.25, 0.3) is 10.2 Å². The normalized spacial score (nSPS) is 20.8. The van der Waals surface area contributed by atoms with Crippen molar-refractivity contribution in [3.63, 3.8) is 0 Å². The Morgan fingerprint density at radius 1 is 1.09 bits per heavy atom. The number of piperidine rings is 1. The Balaban J connectivity index is 1.41. The van der Waals surface area contributed by atoms with E-state index in [0.717, 1.165) is 44.3 Å². The molecule has 2 aromatic rings. The molecule has 1 aromatic heterocycles. The summed E-state index contributed by atoms with van der Waals surface area (Å²) in [6.45, 7) is 1.83. The lowest BCUT2D eigenvalue weighted by Crippen LogP contribution is -2.40. The van der Waals surface area contributed by atoms with Gasteiger partial charge in [0.15, 0.2) is 0 Å². The topological polar surface area (TPSA) is 33.2 Å². The van der Waals surface area contributed by atoms with Crippen LogP contribution in [0, 0.1) is 5.92 Å². The van der Waals surface area contributed by atoms with E-state index in [4.69, 9.17) is 4.98 Å². The van der Waals surface area contributed by atoms with Gasteiger partial charge in [0.25, 0.3) is 0 Å². The van der Waals surface area contributed by atoms with Crippen molar-refractivity contribution in [3.05, 3.63) is 29.3 Å². The van der Waals surface area contributed by atoms with Crippen molar-refractivity contribution in [2.75, 3.05) is 13.1 Å². The Kier molecular flexibility index (Phi) is 3.87. The SMILES string of the molecule is O=C(C1CCCC1)N1CCC(c2nc3ccccc3s2)CC1. The lowest BCUT2D eigenvalue weighted by Gasteiger charge is -2.32. The van der Waals surface area contributed by atoms with Crippen LogP contribution in [0.5, 0.6) is 0 Å². The van der Waals surface area contributed by atoms with Gasteiger partial charge in [-0.3, -0.25) is 4.79 Å². The van der Waals surface area contributed by atoms with E-state index in [1.807, 2.05) is 11.3 Å². The van der Waals surface area contributed by atoms with Gasteiger partial charge in [0.2, 0.25) is 5.91 Å². The number of hydrogen-bond acceptors (Lipinski definition) is 3. The summed E-state index contributed by atoms with van der Waals surface area (Å²) in [5, 5.41) is 1.26. The van der Waals surface area contributed by atoms with E-state index < -0.39 is 0 Å². The highest BCUT2D eigenvalue weighted by Crippen LogP contribution is 2.35. The zero-order valence-electron chi connectivity index (χ0n) is 12.8. The summed E-state index contributed by atoms with van der Waals surface area (Å²) >= 11 is 1.82. The van der Waals surface area contributed by atoms with Crippen molar-refractivity contribution in [1.29, 1.82) is 0 Å². The average Bonchev–Trinajstić information content (AvgIpc) is 3.23. The third-order valence-electron chi connectivity index (χ3n) is 5.17. The van der Waals surface area contributed by atoms with Crippen LogP contribution in [-0.4, -0.2) is 28.9 Å². The number of nitrogens with zero attached hydrogens (tertiary/aromatic N) is 2. The highest BCUT2D eigenvalue weighted by Gasteiger charge is 2.31. The molecule has 0 N–H and O–H groups in total. The summed E-state index contributed by atoms with van der Waals surface area (Å²) < 4.78 is 1.28. The molecule has 0 bridgehead atoms. The first-order valence-corrected chi connectivity index (χ1v) is 9.27. The Bertz CT molecular complexity index is 634. The first kappa shape index (κ1) is 14.2. The lowest BCUT2D eigenvalue weighted by atomic mass is 9.96. The van der Waals surface area contributed by atoms with Crippen LogP contribution in [0.1, 0.15) is 49.5 Å². The first-order valence-electron chi connectivity index (χ1n) is 8.45. The van der Waals surface area contributed by atoms with Gasteiger partial charge >= 0.3 is 0 Å². The monoisotopic (exact) mass is 314 g/mol. The first-order chi connectivity index (χ1) is 10.8. The lowest BCUT2D eigenvalue weighted by molar-refractivity contribution is -0.136. The summed E-state index contributed by atoms with van der Waals surface area (Å²) in [7, 11) is 0. The molecular formula is C18H22N2OS. The zero-order chi connectivity index (χ0) is 14.9. The van der Waals surface area contributed by atoms with Crippen LogP contribution in [0.4, 0.5) is 0 Å². The fourth-order valence-corrected chi connectivity index (χ4v) is 4.98. The third kappa shape index (κ3) is 2.65. The number of amides is 1. The number of aromatic nitrogens is 1. The summed E-state index contributed by atoms with van der Waals surface area (Å²) in [4.78, 5) is 19.4. The predicted octanol–water partition coefficient (Wildman–Crippen LogP) is 4.19. The van der Waals surface area contributed by atoms with E-state index in [-0.39, 0.29) is 0 Å². The van der Waals surface area contributed by atoms with E-state index in [1.54, 1.807) is 0 Å². The molecule has 0 atom stereocenters. The second-order valence-electron chi connectivity index (χ2n) is 6.60. The van der Waals surface area contributed by atoms with Crippen LogP contribution in [0.2, 0.25) is 0 Å². The van der Waals surface area contributed by atoms with E-state index in [1.165, 1.54) is 22.5 Å². The van der Waals surface area contributed by atoms with Crippen LogP contribution in [0.3, 0.4) is 0 Å². The van der Waals surface area contributed by atoms with Crippen molar-refractivity contribution < 1.29 is 4.79 Å². The number of carbonyl (C=O) groups is 1. The van der Waals surface area contributed by atoms with Gasteiger partial charge in [0.1, 0.15) is 0 Å². The molecule has 1 amide bonds. The molecule has 116 valence electrons. The summed E-state index contributed by atoms with van der Waals surface area (Å²) in [6.07, 6.45) is 6.82. The number of fused-ring (bicyclic) bond motifs is 1. The van der Waals surface area contributed by atoms with Crippen molar-refractivity contribution in [2.24, 2.45) is 5.92 Å². The maximum absolute atomic E-state index is 12.5.